The average molecular weight is 475 g/mol. The largest absolute Gasteiger partial charge is 0.486 e. The van der Waals surface area contributed by atoms with Gasteiger partial charge < -0.3 is 19.3 Å². The van der Waals surface area contributed by atoms with Gasteiger partial charge in [0.05, 0.1) is 25.4 Å². The average Bonchev–Trinajstić information content (AvgIpc) is 2.91. The van der Waals surface area contributed by atoms with Gasteiger partial charge in [0, 0.05) is 32.7 Å². The molecule has 6 heteroatoms. The number of hydrogen-bond donors (Lipinski definition) is 1. The molecule has 3 aromatic carbocycles. The van der Waals surface area contributed by atoms with Crippen molar-refractivity contribution in [3.05, 3.63) is 96.1 Å². The zero-order valence-corrected chi connectivity index (χ0v) is 20.0. The molecular formula is C29H34N2O4. The Balaban J connectivity index is 1.08. The number of aliphatic hydroxyl groups excluding tert-OH is 1. The van der Waals surface area contributed by atoms with Crippen molar-refractivity contribution in [1.29, 1.82) is 0 Å². The molecule has 0 saturated carbocycles. The van der Waals surface area contributed by atoms with Crippen LogP contribution in [0.4, 0.5) is 0 Å². The minimum absolute atomic E-state index is 0.159. The lowest BCUT2D eigenvalue weighted by Crippen LogP contribution is -2.50. The highest BCUT2D eigenvalue weighted by Crippen LogP contribution is 2.31. The van der Waals surface area contributed by atoms with Crippen LogP contribution in [-0.2, 0) is 4.74 Å². The van der Waals surface area contributed by atoms with Gasteiger partial charge in [0.1, 0.15) is 6.61 Å². The van der Waals surface area contributed by atoms with Crippen molar-refractivity contribution >= 4 is 0 Å². The minimum Gasteiger partial charge on any atom is -0.486 e. The summed E-state index contributed by atoms with van der Waals surface area (Å²) in [4.78, 5) is 4.87. The molecule has 1 fully saturated rings. The predicted molar refractivity (Wildman–Crippen MR) is 136 cm³/mol. The predicted octanol–water partition coefficient (Wildman–Crippen LogP) is 3.61. The summed E-state index contributed by atoms with van der Waals surface area (Å²) in [5, 5.41) is 10.6. The number of β-amino-alcohol motifs (C(OH)–C–C–N with tert-alkyl or cyclic N) is 1. The van der Waals surface area contributed by atoms with Crippen LogP contribution in [0.1, 0.15) is 17.2 Å². The Morgan fingerprint density at radius 3 is 2.06 bits per heavy atom. The third-order valence-electron chi connectivity index (χ3n) is 6.65. The summed E-state index contributed by atoms with van der Waals surface area (Å²) in [6, 6.07) is 29.3. The quantitative estimate of drug-likeness (QED) is 0.511. The van der Waals surface area contributed by atoms with E-state index in [-0.39, 0.29) is 12.1 Å². The first-order chi connectivity index (χ1) is 17.3. The number of para-hydroxylation sites is 2. The van der Waals surface area contributed by atoms with Gasteiger partial charge in [0.25, 0.3) is 0 Å². The number of rotatable bonds is 9. The molecule has 0 aliphatic carbocycles. The second-order valence-corrected chi connectivity index (χ2v) is 9.25. The van der Waals surface area contributed by atoms with E-state index in [1.165, 1.54) is 11.1 Å². The van der Waals surface area contributed by atoms with Gasteiger partial charge in [-0.05, 0) is 23.3 Å². The highest BCUT2D eigenvalue weighted by atomic mass is 16.6. The van der Waals surface area contributed by atoms with Crippen LogP contribution in [0.3, 0.4) is 0 Å². The lowest BCUT2D eigenvalue weighted by molar-refractivity contribution is -0.0327. The van der Waals surface area contributed by atoms with Crippen LogP contribution in [0.2, 0.25) is 0 Å². The Kier molecular flexibility index (Phi) is 7.96. The van der Waals surface area contributed by atoms with E-state index in [0.29, 0.717) is 26.4 Å². The SMILES string of the molecule is O[C@H](COC[C@@H]1COc2ccccc2O1)CN1CCN(C(c2ccccc2)c2ccccc2)CC1. The van der Waals surface area contributed by atoms with E-state index in [1.807, 2.05) is 24.3 Å². The highest BCUT2D eigenvalue weighted by Gasteiger charge is 2.27. The minimum atomic E-state index is -0.530. The molecule has 3 aromatic rings. The smallest absolute Gasteiger partial charge is 0.161 e. The number of fused-ring (bicyclic) bond motifs is 1. The number of benzene rings is 3. The van der Waals surface area contributed by atoms with Gasteiger partial charge in [0.15, 0.2) is 17.6 Å². The third-order valence-corrected chi connectivity index (χ3v) is 6.65. The van der Waals surface area contributed by atoms with Crippen molar-refractivity contribution in [2.24, 2.45) is 0 Å². The fraction of sp³-hybridized carbons (Fsp3) is 0.379. The molecule has 0 radical (unpaired) electrons. The van der Waals surface area contributed by atoms with Gasteiger partial charge in [-0.25, -0.2) is 0 Å². The Hall–Kier alpha value is -2.90. The van der Waals surface area contributed by atoms with Crippen LogP contribution in [0.5, 0.6) is 11.5 Å². The molecule has 35 heavy (non-hydrogen) atoms. The number of ether oxygens (including phenoxy) is 3. The van der Waals surface area contributed by atoms with E-state index in [4.69, 9.17) is 14.2 Å². The monoisotopic (exact) mass is 474 g/mol. The Labute approximate surface area is 207 Å². The van der Waals surface area contributed by atoms with Crippen LogP contribution < -0.4 is 9.47 Å². The molecule has 1 saturated heterocycles. The van der Waals surface area contributed by atoms with Gasteiger partial charge in [-0.3, -0.25) is 9.80 Å². The molecule has 0 bridgehead atoms. The second-order valence-electron chi connectivity index (χ2n) is 9.25. The second kappa shape index (κ2) is 11.7. The van der Waals surface area contributed by atoms with Crippen LogP contribution in [0, 0.1) is 0 Å². The van der Waals surface area contributed by atoms with Crippen molar-refractivity contribution in [1.82, 2.24) is 9.80 Å². The molecule has 6 nitrogen and oxygen atoms in total. The lowest BCUT2D eigenvalue weighted by atomic mass is 9.96. The maximum atomic E-state index is 10.6. The molecule has 184 valence electrons. The van der Waals surface area contributed by atoms with E-state index in [0.717, 1.165) is 37.7 Å². The topological polar surface area (TPSA) is 54.4 Å². The van der Waals surface area contributed by atoms with Crippen LogP contribution >= 0.6 is 0 Å². The standard InChI is InChI=1S/C29H34N2O4/c32-25(20-33-21-26-22-34-27-13-7-8-14-28(27)35-26)19-30-15-17-31(18-16-30)29(23-9-3-1-4-10-23)24-11-5-2-6-12-24/h1-14,25-26,29,32H,15-22H2/t25-,26+/m0/s1. The molecule has 1 N–H and O–H groups in total. The molecule has 0 unspecified atom stereocenters. The molecule has 2 aliphatic heterocycles. The van der Waals surface area contributed by atoms with Gasteiger partial charge >= 0.3 is 0 Å². The van der Waals surface area contributed by atoms with E-state index < -0.39 is 6.10 Å². The molecule has 2 aliphatic rings. The first-order valence-corrected chi connectivity index (χ1v) is 12.5. The number of aliphatic hydroxyl groups is 1. The van der Waals surface area contributed by atoms with Gasteiger partial charge in [-0.15, -0.1) is 0 Å². The highest BCUT2D eigenvalue weighted by molar-refractivity contribution is 5.40. The van der Waals surface area contributed by atoms with Crippen molar-refractivity contribution in [3.63, 3.8) is 0 Å². The third kappa shape index (κ3) is 6.21. The fourth-order valence-electron chi connectivity index (χ4n) is 4.92. The van der Waals surface area contributed by atoms with Crippen molar-refractivity contribution in [2.45, 2.75) is 18.2 Å². The number of nitrogens with zero attached hydrogens (tertiary/aromatic N) is 2. The summed E-state index contributed by atoms with van der Waals surface area (Å²) in [7, 11) is 0. The molecular weight excluding hydrogens is 440 g/mol. The van der Waals surface area contributed by atoms with E-state index in [1.54, 1.807) is 0 Å². The summed E-state index contributed by atoms with van der Waals surface area (Å²) in [5.41, 5.74) is 2.63. The van der Waals surface area contributed by atoms with Crippen LogP contribution in [-0.4, -0.2) is 79.7 Å². The Morgan fingerprint density at radius 2 is 1.40 bits per heavy atom. The number of piperazine rings is 1. The van der Waals surface area contributed by atoms with E-state index in [2.05, 4.69) is 70.5 Å². The molecule has 0 amide bonds. The van der Waals surface area contributed by atoms with Crippen molar-refractivity contribution in [2.75, 3.05) is 52.5 Å². The molecule has 0 spiro atoms. The van der Waals surface area contributed by atoms with Gasteiger partial charge in [0.2, 0.25) is 0 Å². The first kappa shape index (κ1) is 23.8. The summed E-state index contributed by atoms with van der Waals surface area (Å²) in [5.74, 6) is 1.51. The van der Waals surface area contributed by atoms with E-state index in [9.17, 15) is 5.11 Å². The fourth-order valence-corrected chi connectivity index (χ4v) is 4.92. The number of hydrogen-bond acceptors (Lipinski definition) is 6. The maximum absolute atomic E-state index is 10.6. The van der Waals surface area contributed by atoms with Crippen LogP contribution in [0.15, 0.2) is 84.9 Å². The van der Waals surface area contributed by atoms with E-state index >= 15 is 0 Å². The van der Waals surface area contributed by atoms with Gasteiger partial charge in [-0.1, -0.05) is 72.8 Å². The summed E-state index contributed by atoms with van der Waals surface area (Å²) >= 11 is 0. The van der Waals surface area contributed by atoms with Crippen molar-refractivity contribution < 1.29 is 19.3 Å². The van der Waals surface area contributed by atoms with Crippen LogP contribution in [0.25, 0.3) is 0 Å². The van der Waals surface area contributed by atoms with Gasteiger partial charge in [-0.2, -0.15) is 0 Å². The molecule has 2 heterocycles. The Bertz CT molecular complexity index is 1000. The molecule has 2 atom stereocenters. The summed E-state index contributed by atoms with van der Waals surface area (Å²) in [6.07, 6.45) is -0.689. The zero-order valence-electron chi connectivity index (χ0n) is 20.0. The lowest BCUT2D eigenvalue weighted by Gasteiger charge is -2.40. The molecule has 5 rings (SSSR count). The summed E-state index contributed by atoms with van der Waals surface area (Å²) < 4.78 is 17.4. The maximum Gasteiger partial charge on any atom is 0.161 e. The molecule has 0 aromatic heterocycles. The summed E-state index contributed by atoms with van der Waals surface area (Å²) in [6.45, 7) is 5.50. The zero-order chi connectivity index (χ0) is 23.9. The van der Waals surface area contributed by atoms with Crippen molar-refractivity contribution in [3.8, 4) is 11.5 Å². The Morgan fingerprint density at radius 1 is 0.800 bits per heavy atom. The normalized spacial score (nSPS) is 19.5. The first-order valence-electron chi connectivity index (χ1n) is 12.5.